The Balaban J connectivity index is 1.21. The van der Waals surface area contributed by atoms with E-state index in [2.05, 4.69) is 25.3 Å². The van der Waals surface area contributed by atoms with Gasteiger partial charge in [-0.25, -0.2) is 4.57 Å². The molecule has 8 atom stereocenters. The third-order valence-electron chi connectivity index (χ3n) is 11.6. The summed E-state index contributed by atoms with van der Waals surface area (Å²) >= 11 is 0. The fourth-order valence-corrected chi connectivity index (χ4v) is 9.90. The zero-order valence-corrected chi connectivity index (χ0v) is 21.4. The van der Waals surface area contributed by atoms with Crippen molar-refractivity contribution < 1.29 is 14.6 Å². The average molecular weight is 453 g/mol. The number of nitrogens with zero attached hydrogens (tertiary/aromatic N) is 1. The molecular weight excluding hydrogens is 405 g/mol. The van der Waals surface area contributed by atoms with Crippen molar-refractivity contribution in [2.45, 2.75) is 104 Å². The van der Waals surface area contributed by atoms with Gasteiger partial charge in [-0.2, -0.15) is 0 Å². The summed E-state index contributed by atoms with van der Waals surface area (Å²) in [5, 5.41) is 18.9. The van der Waals surface area contributed by atoms with Gasteiger partial charge >= 0.3 is 7.12 Å². The summed E-state index contributed by atoms with van der Waals surface area (Å²) in [7, 11) is -1.38. The summed E-state index contributed by atoms with van der Waals surface area (Å²) in [6.45, 7) is 8.89. The van der Waals surface area contributed by atoms with Crippen molar-refractivity contribution in [3.63, 3.8) is 0 Å². The number of fused-ring (bicyclic) bond motifs is 5. The minimum absolute atomic E-state index is 0.562. The number of aryl methyl sites for hydroxylation is 1. The first-order valence-electron chi connectivity index (χ1n) is 14.2. The van der Waals surface area contributed by atoms with Gasteiger partial charge in [0, 0.05) is 17.9 Å². The second-order valence-corrected chi connectivity index (χ2v) is 13.0. The molecule has 4 heteroatoms. The summed E-state index contributed by atoms with van der Waals surface area (Å²) in [4.78, 5) is 0. The fourth-order valence-electron chi connectivity index (χ4n) is 9.90. The van der Waals surface area contributed by atoms with Crippen LogP contribution in [0.4, 0.5) is 0 Å². The van der Waals surface area contributed by atoms with Crippen molar-refractivity contribution in [2.24, 2.45) is 46.3 Å². The summed E-state index contributed by atoms with van der Waals surface area (Å²) in [6, 6.07) is 3.70. The first-order valence-corrected chi connectivity index (χ1v) is 14.2. The predicted molar refractivity (Wildman–Crippen MR) is 135 cm³/mol. The molecule has 0 amide bonds. The van der Waals surface area contributed by atoms with Crippen LogP contribution >= 0.6 is 0 Å². The Labute approximate surface area is 202 Å². The normalized spacial score (nSPS) is 41.1. The van der Waals surface area contributed by atoms with Crippen molar-refractivity contribution >= 4 is 12.6 Å². The van der Waals surface area contributed by atoms with E-state index in [0.29, 0.717) is 16.3 Å². The molecule has 0 unspecified atom stereocenters. The van der Waals surface area contributed by atoms with E-state index in [-0.39, 0.29) is 0 Å². The predicted octanol–water partition coefficient (Wildman–Crippen LogP) is 5.12. The third-order valence-corrected chi connectivity index (χ3v) is 11.6. The van der Waals surface area contributed by atoms with Crippen LogP contribution in [0.2, 0.25) is 0 Å². The Hall–Kier alpha value is -0.865. The molecule has 33 heavy (non-hydrogen) atoms. The van der Waals surface area contributed by atoms with Crippen LogP contribution < -0.4 is 10.0 Å². The Morgan fingerprint density at radius 1 is 1.00 bits per heavy atom. The molecule has 4 aliphatic rings. The van der Waals surface area contributed by atoms with E-state index in [1.54, 1.807) is 6.07 Å². The van der Waals surface area contributed by atoms with Gasteiger partial charge in [-0.05, 0) is 104 Å². The molecule has 2 N–H and O–H groups in total. The summed E-state index contributed by atoms with van der Waals surface area (Å²) in [5.41, 5.74) is 1.79. The van der Waals surface area contributed by atoms with Crippen molar-refractivity contribution in [2.75, 3.05) is 0 Å². The van der Waals surface area contributed by atoms with E-state index in [0.717, 1.165) is 42.1 Å². The standard InChI is InChI=1S/C29H47BNO2/c1-21(8-6-18-31-19-7-10-23(20-31)30(32)33)25-13-14-26-24-12-11-22-9-4-5-16-28(22,2)27(24)15-17-29(25,26)3/h7,10,19-22,24-27,32-33H,4-6,8-9,11-18H2,1-3H3/q+1/t21-,22+,24+,25-,26+,27+,28+,29-/m1/s1. The average Bonchev–Trinajstić information content (AvgIpc) is 3.16. The zero-order chi connectivity index (χ0) is 23.2. The highest BCUT2D eigenvalue weighted by atomic mass is 16.4. The van der Waals surface area contributed by atoms with Crippen LogP contribution in [0.25, 0.3) is 0 Å². The lowest BCUT2D eigenvalue weighted by Gasteiger charge is -2.61. The van der Waals surface area contributed by atoms with Gasteiger partial charge in [0.2, 0.25) is 0 Å². The van der Waals surface area contributed by atoms with Crippen molar-refractivity contribution in [1.82, 2.24) is 0 Å². The van der Waals surface area contributed by atoms with Crippen molar-refractivity contribution in [3.8, 4) is 0 Å². The van der Waals surface area contributed by atoms with Crippen LogP contribution in [-0.4, -0.2) is 17.2 Å². The summed E-state index contributed by atoms with van der Waals surface area (Å²) in [5.74, 6) is 5.68. The van der Waals surface area contributed by atoms with Crippen LogP contribution in [0.15, 0.2) is 24.5 Å². The highest BCUT2D eigenvalue weighted by Gasteiger charge is 2.60. The lowest BCUT2D eigenvalue weighted by Crippen LogP contribution is -2.53. The second kappa shape index (κ2) is 9.30. The van der Waals surface area contributed by atoms with E-state index in [1.165, 1.54) is 77.0 Å². The molecule has 4 saturated carbocycles. The number of rotatable bonds is 6. The molecule has 0 bridgehead atoms. The van der Waals surface area contributed by atoms with E-state index >= 15 is 0 Å². The molecule has 4 aliphatic carbocycles. The molecule has 4 fully saturated rings. The monoisotopic (exact) mass is 452 g/mol. The van der Waals surface area contributed by atoms with Gasteiger partial charge in [0.15, 0.2) is 12.4 Å². The van der Waals surface area contributed by atoms with Gasteiger partial charge in [0.1, 0.15) is 6.54 Å². The van der Waals surface area contributed by atoms with Gasteiger partial charge in [-0.15, -0.1) is 0 Å². The van der Waals surface area contributed by atoms with Crippen molar-refractivity contribution in [3.05, 3.63) is 24.5 Å². The Bertz CT molecular complexity index is 830. The number of pyridine rings is 1. The maximum atomic E-state index is 9.45. The molecule has 1 aromatic heterocycles. The molecule has 182 valence electrons. The van der Waals surface area contributed by atoms with E-state index in [1.807, 2.05) is 18.5 Å². The zero-order valence-electron chi connectivity index (χ0n) is 21.4. The van der Waals surface area contributed by atoms with Gasteiger partial charge in [0.05, 0.1) is 0 Å². The number of aromatic nitrogens is 1. The van der Waals surface area contributed by atoms with E-state index in [4.69, 9.17) is 0 Å². The first-order chi connectivity index (χ1) is 15.8. The molecule has 1 aromatic rings. The highest BCUT2D eigenvalue weighted by Crippen LogP contribution is 2.68. The molecule has 0 saturated heterocycles. The minimum atomic E-state index is -1.38. The van der Waals surface area contributed by atoms with E-state index in [9.17, 15) is 10.0 Å². The van der Waals surface area contributed by atoms with Crippen LogP contribution in [0.1, 0.15) is 97.8 Å². The van der Waals surface area contributed by atoms with Gasteiger partial charge in [0.25, 0.3) is 0 Å². The topological polar surface area (TPSA) is 44.3 Å². The van der Waals surface area contributed by atoms with Gasteiger partial charge < -0.3 is 10.0 Å². The lowest BCUT2D eigenvalue weighted by molar-refractivity contribution is -0.696. The van der Waals surface area contributed by atoms with Crippen LogP contribution in [0, 0.1) is 46.3 Å². The molecular formula is C29H47BNO2+. The van der Waals surface area contributed by atoms with E-state index < -0.39 is 7.12 Å². The summed E-state index contributed by atoms with van der Waals surface area (Å²) in [6.07, 6.45) is 21.3. The molecule has 0 aromatic carbocycles. The maximum absolute atomic E-state index is 9.45. The minimum Gasteiger partial charge on any atom is -0.423 e. The van der Waals surface area contributed by atoms with Gasteiger partial charge in [-0.3, -0.25) is 0 Å². The molecule has 3 nitrogen and oxygen atoms in total. The van der Waals surface area contributed by atoms with Crippen LogP contribution in [0.3, 0.4) is 0 Å². The highest BCUT2D eigenvalue weighted by molar-refractivity contribution is 6.58. The lowest BCUT2D eigenvalue weighted by atomic mass is 9.44. The molecule has 1 heterocycles. The fraction of sp³-hybridized carbons (Fsp3) is 0.828. The molecule has 0 aliphatic heterocycles. The molecule has 0 radical (unpaired) electrons. The van der Waals surface area contributed by atoms with Crippen LogP contribution in [0.5, 0.6) is 0 Å². The number of hydrogen-bond donors (Lipinski definition) is 2. The number of hydrogen-bond acceptors (Lipinski definition) is 2. The van der Waals surface area contributed by atoms with Gasteiger partial charge in [-0.1, -0.05) is 39.7 Å². The Morgan fingerprint density at radius 2 is 1.82 bits per heavy atom. The second-order valence-electron chi connectivity index (χ2n) is 13.0. The SMILES string of the molecule is C[C@H](CCC[n+]1cccc(B(O)O)c1)[C@H]1CC[C@H]2[C@@H]3CC[C@@H]4CCCC[C@]4(C)[C@H]3CC[C@]12C. The quantitative estimate of drug-likeness (QED) is 0.465. The third kappa shape index (κ3) is 4.22. The first kappa shape index (κ1) is 23.9. The smallest absolute Gasteiger partial charge is 0.423 e. The van der Waals surface area contributed by atoms with Crippen molar-refractivity contribution in [1.29, 1.82) is 0 Å². The van der Waals surface area contributed by atoms with Crippen LogP contribution in [-0.2, 0) is 6.54 Å². The Kier molecular flexibility index (Phi) is 6.72. The summed E-state index contributed by atoms with van der Waals surface area (Å²) < 4.78 is 2.12. The molecule has 0 spiro atoms. The maximum Gasteiger partial charge on any atom is 0.494 e. The molecule has 5 rings (SSSR count). The Morgan fingerprint density at radius 3 is 2.64 bits per heavy atom. The largest absolute Gasteiger partial charge is 0.494 e.